The minimum Gasteiger partial charge on any atom is -0.456 e. The molecule has 4 heteroatoms. The Morgan fingerprint density at radius 3 is 1.14 bits per heavy atom. The van der Waals surface area contributed by atoms with Crippen molar-refractivity contribution in [2.45, 2.75) is 0 Å². The molecule has 0 aliphatic heterocycles. The average molecular weight is 743 g/mol. The summed E-state index contributed by atoms with van der Waals surface area (Å²) in [6.07, 6.45) is 0. The van der Waals surface area contributed by atoms with Crippen molar-refractivity contribution in [1.29, 1.82) is 0 Å². The van der Waals surface area contributed by atoms with Crippen molar-refractivity contribution in [3.8, 4) is 33.4 Å². The summed E-state index contributed by atoms with van der Waals surface area (Å²) in [4.78, 5) is 5.89. The van der Waals surface area contributed by atoms with Crippen LogP contribution in [-0.2, 0) is 0 Å². The Kier molecular flexibility index (Phi) is 7.20. The molecule has 12 rings (SSSR count). The van der Waals surface area contributed by atoms with Crippen LogP contribution >= 0.6 is 0 Å². The fourth-order valence-electron chi connectivity index (χ4n) is 8.70. The van der Waals surface area contributed by atoms with Crippen LogP contribution in [0.25, 0.3) is 99.1 Å². The highest BCUT2D eigenvalue weighted by Crippen LogP contribution is 2.40. The van der Waals surface area contributed by atoms with Gasteiger partial charge in [0, 0.05) is 60.4 Å². The molecule has 3 heterocycles. The highest BCUT2D eigenvalue weighted by Gasteiger charge is 2.16. The van der Waals surface area contributed by atoms with Gasteiger partial charge in [-0.3, -0.25) is 0 Å². The third-order valence-corrected chi connectivity index (χ3v) is 11.6. The molecule has 4 nitrogen and oxygen atoms in total. The predicted octanol–water partition coefficient (Wildman–Crippen LogP) is 15.6. The topological polar surface area (TPSA) is 45.3 Å². The van der Waals surface area contributed by atoms with Gasteiger partial charge in [-0.15, -0.1) is 0 Å². The van der Waals surface area contributed by atoms with Gasteiger partial charge in [-0.05, 0) is 124 Å². The third-order valence-electron chi connectivity index (χ3n) is 11.6. The molecular weight excluding hydrogens is 709 g/mol. The van der Waals surface area contributed by atoms with Gasteiger partial charge in [0.05, 0.1) is 0 Å². The molecule has 0 aliphatic carbocycles. The first-order valence-electron chi connectivity index (χ1n) is 19.6. The van der Waals surface area contributed by atoms with Crippen molar-refractivity contribution in [2.75, 3.05) is 4.90 Å². The van der Waals surface area contributed by atoms with E-state index in [9.17, 15) is 0 Å². The second kappa shape index (κ2) is 12.9. The van der Waals surface area contributed by atoms with Crippen molar-refractivity contribution >= 4 is 82.7 Å². The number of H-pyrrole nitrogens is 1. The first-order valence-corrected chi connectivity index (χ1v) is 19.6. The second-order valence-electron chi connectivity index (χ2n) is 15.0. The lowest BCUT2D eigenvalue weighted by atomic mass is 10.0. The molecule has 272 valence electrons. The number of aromatic nitrogens is 1. The molecule has 3 aromatic heterocycles. The van der Waals surface area contributed by atoms with Crippen LogP contribution in [0.1, 0.15) is 0 Å². The maximum Gasteiger partial charge on any atom is 0.135 e. The molecule has 0 saturated carbocycles. The molecule has 0 amide bonds. The van der Waals surface area contributed by atoms with Crippen LogP contribution < -0.4 is 4.90 Å². The van der Waals surface area contributed by atoms with E-state index in [1.165, 1.54) is 21.9 Å². The van der Waals surface area contributed by atoms with Gasteiger partial charge in [0.15, 0.2) is 0 Å². The zero-order valence-electron chi connectivity index (χ0n) is 31.3. The van der Waals surface area contributed by atoms with Gasteiger partial charge in [-0.25, -0.2) is 0 Å². The van der Waals surface area contributed by atoms with E-state index in [1.54, 1.807) is 0 Å². The van der Waals surface area contributed by atoms with Gasteiger partial charge in [0.25, 0.3) is 0 Å². The first kappa shape index (κ1) is 32.4. The van der Waals surface area contributed by atoms with E-state index >= 15 is 0 Å². The van der Waals surface area contributed by atoms with Crippen molar-refractivity contribution in [3.63, 3.8) is 0 Å². The van der Waals surface area contributed by atoms with Crippen molar-refractivity contribution < 1.29 is 8.83 Å². The summed E-state index contributed by atoms with van der Waals surface area (Å²) in [5.41, 5.74) is 16.1. The maximum atomic E-state index is 6.12. The normalized spacial score (nSPS) is 11.8. The van der Waals surface area contributed by atoms with Gasteiger partial charge in [-0.1, -0.05) is 109 Å². The van der Waals surface area contributed by atoms with E-state index < -0.39 is 0 Å². The molecular formula is C54H34N2O2. The summed E-state index contributed by atoms with van der Waals surface area (Å²) >= 11 is 0. The number of nitrogens with one attached hydrogen (secondary N) is 1. The lowest BCUT2D eigenvalue weighted by molar-refractivity contribution is 0.668. The summed E-state index contributed by atoms with van der Waals surface area (Å²) in [7, 11) is 0. The van der Waals surface area contributed by atoms with E-state index in [0.29, 0.717) is 0 Å². The van der Waals surface area contributed by atoms with Crippen LogP contribution in [0.3, 0.4) is 0 Å². The van der Waals surface area contributed by atoms with Crippen LogP contribution in [0.4, 0.5) is 17.1 Å². The molecule has 0 aliphatic rings. The van der Waals surface area contributed by atoms with E-state index in [0.717, 1.165) is 94.2 Å². The quantitative estimate of drug-likeness (QED) is 0.184. The Balaban J connectivity index is 0.923. The van der Waals surface area contributed by atoms with Gasteiger partial charge < -0.3 is 18.7 Å². The lowest BCUT2D eigenvalue weighted by Gasteiger charge is -2.26. The van der Waals surface area contributed by atoms with E-state index in [2.05, 4.69) is 186 Å². The number of hydrogen-bond donors (Lipinski definition) is 1. The van der Waals surface area contributed by atoms with Crippen LogP contribution in [-0.4, -0.2) is 4.98 Å². The summed E-state index contributed by atoms with van der Waals surface area (Å²) in [6.45, 7) is 0. The highest BCUT2D eigenvalue weighted by molar-refractivity contribution is 6.09. The third kappa shape index (κ3) is 5.31. The molecule has 58 heavy (non-hydrogen) atoms. The van der Waals surface area contributed by atoms with Crippen molar-refractivity contribution in [1.82, 2.24) is 4.98 Å². The highest BCUT2D eigenvalue weighted by atomic mass is 16.3. The minimum absolute atomic E-state index is 0.902. The number of benzene rings is 9. The van der Waals surface area contributed by atoms with Crippen molar-refractivity contribution in [2.24, 2.45) is 0 Å². The fraction of sp³-hybridized carbons (Fsp3) is 0. The Hall–Kier alpha value is -7.82. The number of furan rings is 2. The Morgan fingerprint density at radius 2 is 0.638 bits per heavy atom. The van der Waals surface area contributed by atoms with Gasteiger partial charge >= 0.3 is 0 Å². The smallest absolute Gasteiger partial charge is 0.135 e. The molecule has 0 spiro atoms. The Morgan fingerprint density at radius 1 is 0.276 bits per heavy atom. The molecule has 0 unspecified atom stereocenters. The largest absolute Gasteiger partial charge is 0.456 e. The van der Waals surface area contributed by atoms with Crippen LogP contribution in [0.5, 0.6) is 0 Å². The predicted molar refractivity (Wildman–Crippen MR) is 241 cm³/mol. The summed E-state index contributed by atoms with van der Waals surface area (Å²) in [5.74, 6) is 0. The van der Waals surface area contributed by atoms with Crippen LogP contribution in [0, 0.1) is 0 Å². The fourth-order valence-corrected chi connectivity index (χ4v) is 8.70. The zero-order valence-corrected chi connectivity index (χ0v) is 31.3. The molecule has 0 fully saturated rings. The monoisotopic (exact) mass is 742 g/mol. The number of rotatable bonds is 6. The second-order valence-corrected chi connectivity index (χ2v) is 15.0. The standard InChI is InChI=1S/C54H34N2O2/c1-4-10-49-43(7-1)46-31-37(19-28-50(46)55-49)34-13-22-40(23-14-34)56(41-24-15-35(16-25-41)38-20-29-53-47(32-38)44-8-2-5-11-51(44)57-53)42-26-17-36(18-27-42)39-21-30-54-48(33-39)45-9-3-6-12-52(45)58-54/h1-33,55H. The molecule has 1 N–H and O–H groups in total. The summed E-state index contributed by atoms with van der Waals surface area (Å²) in [5, 5.41) is 7.00. The summed E-state index contributed by atoms with van der Waals surface area (Å²) < 4.78 is 12.2. The summed E-state index contributed by atoms with van der Waals surface area (Å²) in [6, 6.07) is 71.3. The van der Waals surface area contributed by atoms with E-state index in [1.807, 2.05) is 24.3 Å². The van der Waals surface area contributed by atoms with Gasteiger partial charge in [0.1, 0.15) is 22.3 Å². The first-order chi connectivity index (χ1) is 28.7. The van der Waals surface area contributed by atoms with Crippen molar-refractivity contribution in [3.05, 3.63) is 200 Å². The number of hydrogen-bond acceptors (Lipinski definition) is 3. The van der Waals surface area contributed by atoms with Crippen LogP contribution in [0.2, 0.25) is 0 Å². The Bertz CT molecular complexity index is 3120. The molecule has 0 saturated heterocycles. The van der Waals surface area contributed by atoms with E-state index in [-0.39, 0.29) is 0 Å². The maximum absolute atomic E-state index is 6.12. The number of para-hydroxylation sites is 3. The SMILES string of the molecule is c1ccc2c(c1)[nH]c1ccc(-c3ccc(N(c4ccc(-c5ccc6oc7ccccc7c6c5)cc4)c4ccc(-c5ccc6oc7ccccc7c6c5)cc4)cc3)cc12. The lowest BCUT2D eigenvalue weighted by Crippen LogP contribution is -2.09. The van der Waals surface area contributed by atoms with Gasteiger partial charge in [-0.2, -0.15) is 0 Å². The van der Waals surface area contributed by atoms with Gasteiger partial charge in [0.2, 0.25) is 0 Å². The molecule has 0 atom stereocenters. The molecule has 12 aromatic rings. The Labute approximate surface area is 333 Å². The van der Waals surface area contributed by atoms with E-state index in [4.69, 9.17) is 8.83 Å². The molecule has 0 radical (unpaired) electrons. The average Bonchev–Trinajstić information content (AvgIpc) is 3.98. The number of aromatic amines is 1. The molecule has 9 aromatic carbocycles. The zero-order chi connectivity index (χ0) is 38.2. The minimum atomic E-state index is 0.902. The molecule has 0 bridgehead atoms. The number of fused-ring (bicyclic) bond motifs is 9. The van der Waals surface area contributed by atoms with Crippen LogP contribution in [0.15, 0.2) is 209 Å². The number of anilines is 3. The number of nitrogens with zero attached hydrogens (tertiary/aromatic N) is 1.